The number of rotatable bonds is 3. The van der Waals surface area contributed by atoms with Gasteiger partial charge < -0.3 is 19.6 Å². The van der Waals surface area contributed by atoms with E-state index < -0.39 is 11.7 Å². The van der Waals surface area contributed by atoms with Crippen molar-refractivity contribution in [3.63, 3.8) is 0 Å². The monoisotopic (exact) mass is 399 g/mol. The molecule has 1 atom stereocenters. The summed E-state index contributed by atoms with van der Waals surface area (Å²) in [6.45, 7) is 5.24. The lowest BCUT2D eigenvalue weighted by Gasteiger charge is -2.44. The molecule has 0 bridgehead atoms. The Morgan fingerprint density at radius 3 is 2.72 bits per heavy atom. The first kappa shape index (κ1) is 19.7. The van der Waals surface area contributed by atoms with E-state index in [2.05, 4.69) is 10.1 Å². The number of nitrogens with zero attached hydrogens (tertiary/aromatic N) is 5. The van der Waals surface area contributed by atoms with Crippen molar-refractivity contribution < 1.29 is 14.6 Å². The third-order valence-electron chi connectivity index (χ3n) is 5.89. The summed E-state index contributed by atoms with van der Waals surface area (Å²) < 4.78 is 8.18. The maximum atomic E-state index is 13.1. The second kappa shape index (κ2) is 7.33. The van der Waals surface area contributed by atoms with Gasteiger partial charge in [-0.3, -0.25) is 9.48 Å². The summed E-state index contributed by atoms with van der Waals surface area (Å²) in [5, 5.41) is 15.2. The van der Waals surface area contributed by atoms with Crippen LogP contribution in [0.5, 0.6) is 5.75 Å². The fraction of sp³-hybridized carbons (Fsp3) is 0.571. The van der Waals surface area contributed by atoms with Gasteiger partial charge in [-0.2, -0.15) is 5.10 Å². The smallest absolute Gasteiger partial charge is 0.274 e. The van der Waals surface area contributed by atoms with Crippen LogP contribution in [-0.2, 0) is 0 Å². The number of carbonyl (C=O) groups excluding carboxylic acids is 1. The van der Waals surface area contributed by atoms with Gasteiger partial charge in [-0.25, -0.2) is 4.98 Å². The van der Waals surface area contributed by atoms with Gasteiger partial charge in [0.05, 0.1) is 11.9 Å². The van der Waals surface area contributed by atoms with E-state index in [0.29, 0.717) is 49.5 Å². The molecule has 2 aliphatic heterocycles. The summed E-state index contributed by atoms with van der Waals surface area (Å²) in [6, 6.07) is 3.94. The molecule has 1 unspecified atom stereocenters. The van der Waals surface area contributed by atoms with E-state index in [4.69, 9.17) is 4.74 Å². The molecule has 1 amide bonds. The molecule has 4 rings (SSSR count). The number of aromatic nitrogens is 3. The third-order valence-corrected chi connectivity index (χ3v) is 5.89. The number of fused-ring (bicyclic) bond motifs is 1. The van der Waals surface area contributed by atoms with Crippen LogP contribution >= 0.6 is 0 Å². The Bertz CT molecular complexity index is 899. The highest BCUT2D eigenvalue weighted by atomic mass is 16.5. The lowest BCUT2D eigenvalue weighted by Crippen LogP contribution is -2.52. The quantitative estimate of drug-likeness (QED) is 0.853. The summed E-state index contributed by atoms with van der Waals surface area (Å²) in [4.78, 5) is 21.1. The molecule has 156 valence electrons. The minimum atomic E-state index is -0.642. The predicted molar refractivity (Wildman–Crippen MR) is 109 cm³/mol. The number of pyridine rings is 1. The number of carbonyl (C=O) groups is 1. The van der Waals surface area contributed by atoms with Crippen LogP contribution < -0.4 is 9.64 Å². The highest BCUT2D eigenvalue weighted by Gasteiger charge is 2.45. The van der Waals surface area contributed by atoms with Crippen molar-refractivity contribution in [2.45, 2.75) is 50.9 Å². The van der Waals surface area contributed by atoms with E-state index >= 15 is 0 Å². The summed E-state index contributed by atoms with van der Waals surface area (Å²) in [5.74, 6) is 0.602. The van der Waals surface area contributed by atoms with Gasteiger partial charge in [-0.15, -0.1) is 0 Å². The van der Waals surface area contributed by atoms with Gasteiger partial charge in [0.2, 0.25) is 0 Å². The van der Waals surface area contributed by atoms with Crippen molar-refractivity contribution >= 4 is 11.6 Å². The summed E-state index contributed by atoms with van der Waals surface area (Å²) in [5.41, 5.74) is 1.45. The van der Waals surface area contributed by atoms with Gasteiger partial charge >= 0.3 is 0 Å². The average molecular weight is 399 g/mol. The minimum absolute atomic E-state index is 0.0613. The Morgan fingerprint density at radius 1 is 1.34 bits per heavy atom. The Kier molecular flexibility index (Phi) is 4.98. The highest BCUT2D eigenvalue weighted by Crippen LogP contribution is 2.44. The van der Waals surface area contributed by atoms with Crippen LogP contribution in [0.25, 0.3) is 0 Å². The number of likely N-dealkylation sites (tertiary alicyclic amines) is 1. The zero-order valence-corrected chi connectivity index (χ0v) is 17.5. The van der Waals surface area contributed by atoms with Crippen molar-refractivity contribution in [3.8, 4) is 5.75 Å². The number of anilines is 1. The molecule has 2 aromatic rings. The van der Waals surface area contributed by atoms with Crippen molar-refractivity contribution in [2.24, 2.45) is 0 Å². The average Bonchev–Trinajstić information content (AvgIpc) is 3.13. The molecule has 8 heteroatoms. The molecule has 0 aromatic carbocycles. The molecular formula is C21H29N5O3. The van der Waals surface area contributed by atoms with Gasteiger partial charge in [0.25, 0.3) is 5.91 Å². The van der Waals surface area contributed by atoms with Gasteiger partial charge in [-0.1, -0.05) is 0 Å². The molecule has 0 saturated carbocycles. The van der Waals surface area contributed by atoms with Crippen molar-refractivity contribution in [1.29, 1.82) is 0 Å². The minimum Gasteiger partial charge on any atom is -0.483 e. The van der Waals surface area contributed by atoms with E-state index in [1.807, 2.05) is 60.8 Å². The number of aliphatic hydroxyl groups is 1. The normalized spacial score (nSPS) is 20.5. The van der Waals surface area contributed by atoms with Gasteiger partial charge in [0, 0.05) is 58.7 Å². The van der Waals surface area contributed by atoms with Gasteiger partial charge in [0.15, 0.2) is 11.4 Å². The topological polar surface area (TPSA) is 83.7 Å². The first-order valence-corrected chi connectivity index (χ1v) is 10.2. The molecule has 1 fully saturated rings. The lowest BCUT2D eigenvalue weighted by molar-refractivity contribution is -0.0505. The SMILES string of the molecule is CC(C)n1cc2c(n1)C(O)CC1(CCN(C(=O)c3ncccc3N(C)C)CC1)O2. The fourth-order valence-corrected chi connectivity index (χ4v) is 4.18. The fourth-order valence-electron chi connectivity index (χ4n) is 4.18. The van der Waals surface area contributed by atoms with Crippen LogP contribution in [0.2, 0.25) is 0 Å². The number of amides is 1. The van der Waals surface area contributed by atoms with Gasteiger partial charge in [0.1, 0.15) is 17.4 Å². The van der Waals surface area contributed by atoms with Crippen LogP contribution in [-0.4, -0.2) is 63.5 Å². The van der Waals surface area contributed by atoms with Crippen LogP contribution in [0.15, 0.2) is 24.5 Å². The van der Waals surface area contributed by atoms with Crippen molar-refractivity contribution in [2.75, 3.05) is 32.1 Å². The van der Waals surface area contributed by atoms with Crippen LogP contribution in [0.4, 0.5) is 5.69 Å². The van der Waals surface area contributed by atoms with Crippen molar-refractivity contribution in [1.82, 2.24) is 19.7 Å². The molecule has 2 aromatic heterocycles. The second-order valence-electron chi connectivity index (χ2n) is 8.52. The summed E-state index contributed by atoms with van der Waals surface area (Å²) >= 11 is 0. The van der Waals surface area contributed by atoms with Crippen LogP contribution in [0.1, 0.15) is 61.4 Å². The molecule has 8 nitrogen and oxygen atoms in total. The van der Waals surface area contributed by atoms with Crippen LogP contribution in [0.3, 0.4) is 0 Å². The number of hydrogen-bond acceptors (Lipinski definition) is 6. The Labute approximate surface area is 171 Å². The standard InChI is InChI=1S/C21H29N5O3/c1-14(2)26-13-17-19(23-26)16(27)12-21(29-17)7-10-25(11-8-21)20(28)18-15(24(3)4)6-5-9-22-18/h5-6,9,13-14,16,27H,7-8,10-12H2,1-4H3. The van der Waals surface area contributed by atoms with E-state index in [9.17, 15) is 9.90 Å². The third kappa shape index (κ3) is 3.57. The largest absolute Gasteiger partial charge is 0.483 e. The maximum absolute atomic E-state index is 13.1. The number of hydrogen-bond donors (Lipinski definition) is 1. The molecule has 4 heterocycles. The number of piperidine rings is 1. The first-order chi connectivity index (χ1) is 13.8. The van der Waals surface area contributed by atoms with E-state index in [1.54, 1.807) is 6.20 Å². The summed E-state index contributed by atoms with van der Waals surface area (Å²) in [6.07, 6.45) is 4.73. The molecule has 0 radical (unpaired) electrons. The predicted octanol–water partition coefficient (Wildman–Crippen LogP) is 2.42. The Balaban J connectivity index is 1.49. The molecule has 1 spiro atoms. The molecular weight excluding hydrogens is 370 g/mol. The molecule has 1 N–H and O–H groups in total. The van der Waals surface area contributed by atoms with E-state index in [-0.39, 0.29) is 11.9 Å². The lowest BCUT2D eigenvalue weighted by atomic mass is 9.83. The molecule has 0 aliphatic carbocycles. The van der Waals surface area contributed by atoms with E-state index in [1.165, 1.54) is 0 Å². The van der Waals surface area contributed by atoms with Crippen molar-refractivity contribution in [3.05, 3.63) is 35.9 Å². The maximum Gasteiger partial charge on any atom is 0.274 e. The molecule has 1 saturated heterocycles. The molecule has 2 aliphatic rings. The van der Waals surface area contributed by atoms with Gasteiger partial charge in [-0.05, 0) is 26.0 Å². The van der Waals surface area contributed by atoms with E-state index in [0.717, 1.165) is 5.69 Å². The zero-order chi connectivity index (χ0) is 20.8. The first-order valence-electron chi connectivity index (χ1n) is 10.2. The summed E-state index contributed by atoms with van der Waals surface area (Å²) in [7, 11) is 3.82. The molecule has 29 heavy (non-hydrogen) atoms. The second-order valence-corrected chi connectivity index (χ2v) is 8.52. The van der Waals surface area contributed by atoms with Crippen LogP contribution in [0, 0.1) is 0 Å². The Morgan fingerprint density at radius 2 is 2.07 bits per heavy atom. The number of ether oxygens (including phenoxy) is 1. The highest BCUT2D eigenvalue weighted by molar-refractivity contribution is 5.97. The zero-order valence-electron chi connectivity index (χ0n) is 17.5. The Hall–Kier alpha value is -2.61. The number of aliphatic hydroxyl groups excluding tert-OH is 1.